The van der Waals surface area contributed by atoms with Crippen LogP contribution in [-0.2, 0) is 0 Å². The number of rotatable bonds is 5. The Morgan fingerprint density at radius 3 is 2.60 bits per heavy atom. The number of aliphatic hydroxyl groups excluding tert-OH is 1. The van der Waals surface area contributed by atoms with Crippen LogP contribution in [0.3, 0.4) is 0 Å². The lowest BCUT2D eigenvalue weighted by Gasteiger charge is -2.35. The van der Waals surface area contributed by atoms with E-state index >= 15 is 0 Å². The SMILES string of the molecule is CCC1CCCCN1CCC(O)c1cc(F)cc(F)c1. The zero-order valence-corrected chi connectivity index (χ0v) is 12.0. The second-order valence-electron chi connectivity index (χ2n) is 5.60. The van der Waals surface area contributed by atoms with Crippen molar-refractivity contribution >= 4 is 0 Å². The lowest BCUT2D eigenvalue weighted by molar-refractivity contribution is 0.101. The molecule has 1 aromatic rings. The molecule has 1 aliphatic rings. The Hall–Kier alpha value is -1.00. The van der Waals surface area contributed by atoms with Crippen LogP contribution in [0.1, 0.15) is 50.7 Å². The molecule has 1 saturated heterocycles. The van der Waals surface area contributed by atoms with Gasteiger partial charge in [0.1, 0.15) is 11.6 Å². The van der Waals surface area contributed by atoms with E-state index in [0.29, 0.717) is 18.0 Å². The third-order valence-corrected chi connectivity index (χ3v) is 4.18. The molecule has 4 heteroatoms. The largest absolute Gasteiger partial charge is 0.388 e. The van der Waals surface area contributed by atoms with Crippen molar-refractivity contribution in [1.82, 2.24) is 4.90 Å². The van der Waals surface area contributed by atoms with Gasteiger partial charge in [-0.15, -0.1) is 0 Å². The van der Waals surface area contributed by atoms with E-state index in [1.54, 1.807) is 0 Å². The summed E-state index contributed by atoms with van der Waals surface area (Å²) in [5.41, 5.74) is 0.326. The maximum absolute atomic E-state index is 13.1. The van der Waals surface area contributed by atoms with Gasteiger partial charge in [0.25, 0.3) is 0 Å². The summed E-state index contributed by atoms with van der Waals surface area (Å²) >= 11 is 0. The first-order valence-corrected chi connectivity index (χ1v) is 7.48. The number of hydrogen-bond donors (Lipinski definition) is 1. The number of benzene rings is 1. The zero-order chi connectivity index (χ0) is 14.5. The maximum atomic E-state index is 13.1. The quantitative estimate of drug-likeness (QED) is 0.891. The average Bonchev–Trinajstić information content (AvgIpc) is 2.44. The van der Waals surface area contributed by atoms with Gasteiger partial charge in [-0.1, -0.05) is 13.3 Å². The summed E-state index contributed by atoms with van der Waals surface area (Å²) in [6.45, 7) is 4.02. The molecule has 0 aromatic heterocycles. The zero-order valence-electron chi connectivity index (χ0n) is 12.0. The summed E-state index contributed by atoms with van der Waals surface area (Å²) in [6.07, 6.45) is 4.50. The summed E-state index contributed by atoms with van der Waals surface area (Å²) < 4.78 is 26.3. The fourth-order valence-electron chi connectivity index (χ4n) is 3.04. The molecule has 0 amide bonds. The van der Waals surface area contributed by atoms with E-state index < -0.39 is 17.7 Å². The normalized spacial score (nSPS) is 21.9. The van der Waals surface area contributed by atoms with Gasteiger partial charge in [-0.2, -0.15) is 0 Å². The lowest BCUT2D eigenvalue weighted by atomic mass is 9.98. The predicted octanol–water partition coefficient (Wildman–Crippen LogP) is 3.65. The molecular formula is C16H23F2NO. The Balaban J connectivity index is 1.92. The van der Waals surface area contributed by atoms with Crippen LogP contribution >= 0.6 is 0 Å². The molecule has 1 heterocycles. The smallest absolute Gasteiger partial charge is 0.126 e. The molecule has 2 unspecified atom stereocenters. The molecule has 0 aliphatic carbocycles. The molecular weight excluding hydrogens is 260 g/mol. The minimum atomic E-state index is -0.806. The van der Waals surface area contributed by atoms with Crippen molar-refractivity contribution in [2.75, 3.05) is 13.1 Å². The van der Waals surface area contributed by atoms with E-state index in [1.165, 1.54) is 31.4 Å². The minimum Gasteiger partial charge on any atom is -0.388 e. The highest BCUT2D eigenvalue weighted by atomic mass is 19.1. The molecule has 0 bridgehead atoms. The number of piperidine rings is 1. The van der Waals surface area contributed by atoms with Crippen molar-refractivity contribution in [3.8, 4) is 0 Å². The predicted molar refractivity (Wildman–Crippen MR) is 75.4 cm³/mol. The van der Waals surface area contributed by atoms with E-state index in [9.17, 15) is 13.9 Å². The van der Waals surface area contributed by atoms with E-state index in [-0.39, 0.29) is 0 Å². The second kappa shape index (κ2) is 7.14. The van der Waals surface area contributed by atoms with Crippen LogP contribution in [0.4, 0.5) is 8.78 Å². The van der Waals surface area contributed by atoms with Crippen molar-refractivity contribution < 1.29 is 13.9 Å². The Morgan fingerprint density at radius 1 is 1.25 bits per heavy atom. The second-order valence-corrected chi connectivity index (χ2v) is 5.60. The first-order valence-electron chi connectivity index (χ1n) is 7.48. The van der Waals surface area contributed by atoms with Gasteiger partial charge in [0, 0.05) is 18.7 Å². The molecule has 20 heavy (non-hydrogen) atoms. The topological polar surface area (TPSA) is 23.5 Å². The van der Waals surface area contributed by atoms with Crippen LogP contribution in [0.2, 0.25) is 0 Å². The summed E-state index contributed by atoms with van der Waals surface area (Å²) in [7, 11) is 0. The van der Waals surface area contributed by atoms with Gasteiger partial charge in [-0.05, 0) is 49.9 Å². The molecule has 0 saturated carbocycles. The van der Waals surface area contributed by atoms with E-state index in [0.717, 1.165) is 25.6 Å². The van der Waals surface area contributed by atoms with Crippen molar-refractivity contribution in [2.45, 2.75) is 51.2 Å². The van der Waals surface area contributed by atoms with Crippen LogP contribution in [0.5, 0.6) is 0 Å². The molecule has 1 fully saturated rings. The van der Waals surface area contributed by atoms with Gasteiger partial charge in [0.2, 0.25) is 0 Å². The number of halogens is 2. The Morgan fingerprint density at radius 2 is 1.95 bits per heavy atom. The van der Waals surface area contributed by atoms with Gasteiger partial charge < -0.3 is 10.0 Å². The number of aliphatic hydroxyl groups is 1. The number of likely N-dealkylation sites (tertiary alicyclic amines) is 1. The first-order chi connectivity index (χ1) is 9.60. The van der Waals surface area contributed by atoms with Crippen molar-refractivity contribution in [3.05, 3.63) is 35.4 Å². The highest BCUT2D eigenvalue weighted by molar-refractivity contribution is 5.20. The van der Waals surface area contributed by atoms with Crippen molar-refractivity contribution in [1.29, 1.82) is 0 Å². The molecule has 1 aliphatic heterocycles. The van der Waals surface area contributed by atoms with Gasteiger partial charge in [-0.3, -0.25) is 0 Å². The Bertz CT molecular complexity index is 418. The lowest BCUT2D eigenvalue weighted by Crippen LogP contribution is -2.40. The summed E-state index contributed by atoms with van der Waals surface area (Å²) in [5, 5.41) is 10.1. The van der Waals surface area contributed by atoms with E-state index in [4.69, 9.17) is 0 Å². The van der Waals surface area contributed by atoms with Crippen molar-refractivity contribution in [3.63, 3.8) is 0 Å². The van der Waals surface area contributed by atoms with Gasteiger partial charge in [0.05, 0.1) is 6.10 Å². The monoisotopic (exact) mass is 283 g/mol. The number of hydrogen-bond acceptors (Lipinski definition) is 2. The highest BCUT2D eigenvalue weighted by Crippen LogP contribution is 2.23. The first kappa shape index (κ1) is 15.4. The van der Waals surface area contributed by atoms with Gasteiger partial charge in [0.15, 0.2) is 0 Å². The van der Waals surface area contributed by atoms with Crippen molar-refractivity contribution in [2.24, 2.45) is 0 Å². The van der Waals surface area contributed by atoms with Crippen LogP contribution in [0.15, 0.2) is 18.2 Å². The molecule has 2 rings (SSSR count). The third-order valence-electron chi connectivity index (χ3n) is 4.18. The molecule has 2 nitrogen and oxygen atoms in total. The molecule has 1 aromatic carbocycles. The third kappa shape index (κ3) is 4.00. The fraction of sp³-hybridized carbons (Fsp3) is 0.625. The van der Waals surface area contributed by atoms with Gasteiger partial charge in [-0.25, -0.2) is 8.78 Å². The molecule has 0 spiro atoms. The summed E-state index contributed by atoms with van der Waals surface area (Å²) in [6, 6.07) is 3.83. The average molecular weight is 283 g/mol. The summed E-state index contributed by atoms with van der Waals surface area (Å²) in [5.74, 6) is -1.27. The fourth-order valence-corrected chi connectivity index (χ4v) is 3.04. The van der Waals surface area contributed by atoms with Crippen LogP contribution in [-0.4, -0.2) is 29.1 Å². The van der Waals surface area contributed by atoms with Crippen LogP contribution in [0, 0.1) is 11.6 Å². The van der Waals surface area contributed by atoms with Crippen LogP contribution < -0.4 is 0 Å². The van der Waals surface area contributed by atoms with E-state index in [1.807, 2.05) is 0 Å². The summed E-state index contributed by atoms with van der Waals surface area (Å²) in [4.78, 5) is 2.39. The molecule has 0 radical (unpaired) electrons. The Kier molecular flexibility index (Phi) is 5.49. The standard InChI is InChI=1S/C16H23F2NO/c1-2-15-5-3-4-7-19(15)8-6-16(20)12-9-13(17)11-14(18)10-12/h9-11,15-16,20H,2-8H2,1H3. The minimum absolute atomic E-state index is 0.326. The maximum Gasteiger partial charge on any atom is 0.126 e. The highest BCUT2D eigenvalue weighted by Gasteiger charge is 2.21. The molecule has 1 N–H and O–H groups in total. The number of nitrogens with zero attached hydrogens (tertiary/aromatic N) is 1. The van der Waals surface area contributed by atoms with Crippen LogP contribution in [0.25, 0.3) is 0 Å². The Labute approximate surface area is 119 Å². The van der Waals surface area contributed by atoms with E-state index in [2.05, 4.69) is 11.8 Å². The molecule has 112 valence electrons. The van der Waals surface area contributed by atoms with Gasteiger partial charge >= 0.3 is 0 Å². The molecule has 2 atom stereocenters.